The number of oxazole rings is 2. The molecule has 0 atom stereocenters. The van der Waals surface area contributed by atoms with Crippen LogP contribution >= 0.6 is 0 Å². The summed E-state index contributed by atoms with van der Waals surface area (Å²) in [6, 6.07) is 66.4. The molecule has 0 spiro atoms. The minimum atomic E-state index is 0.548. The summed E-state index contributed by atoms with van der Waals surface area (Å²) in [5, 5.41) is 7.03. The zero-order valence-electron chi connectivity index (χ0n) is 33.5. The molecule has 0 aliphatic heterocycles. The Balaban J connectivity index is 0.970. The molecule has 294 valence electrons. The van der Waals surface area contributed by atoms with Gasteiger partial charge in [-0.25, -0.2) is 24.9 Å². The summed E-state index contributed by atoms with van der Waals surface area (Å²) in [4.78, 5) is 24.8. The molecule has 0 aliphatic carbocycles. The van der Waals surface area contributed by atoms with Crippen molar-refractivity contribution in [2.75, 3.05) is 0 Å². The average molecular weight is 809 g/mol. The van der Waals surface area contributed by atoms with Gasteiger partial charge in [0.25, 0.3) is 0 Å². The molecule has 0 fully saturated rings. The molecule has 9 aromatic carbocycles. The van der Waals surface area contributed by atoms with Crippen molar-refractivity contribution in [2.45, 2.75) is 0 Å². The van der Waals surface area contributed by atoms with Gasteiger partial charge in [-0.3, -0.25) is 0 Å². The number of benzene rings is 9. The zero-order valence-corrected chi connectivity index (χ0v) is 33.5. The van der Waals surface area contributed by atoms with E-state index in [2.05, 4.69) is 102 Å². The number of hydrogen-bond donors (Lipinski definition) is 0. The Morgan fingerprint density at radius 2 is 0.841 bits per heavy atom. The van der Waals surface area contributed by atoms with E-state index in [1.807, 2.05) is 97.1 Å². The van der Waals surface area contributed by atoms with Gasteiger partial charge in [-0.15, -0.1) is 0 Å². The lowest BCUT2D eigenvalue weighted by molar-refractivity contribution is 0.619. The molecule has 0 amide bonds. The Labute approximate surface area is 359 Å². The van der Waals surface area contributed by atoms with Crippen LogP contribution in [0.5, 0.6) is 0 Å². The molecular weight excluding hydrogens is 777 g/mol. The molecule has 4 aromatic heterocycles. The highest BCUT2D eigenvalue weighted by Gasteiger charge is 2.19. The first-order valence-electron chi connectivity index (χ1n) is 20.8. The summed E-state index contributed by atoms with van der Waals surface area (Å²) >= 11 is 0. The highest BCUT2D eigenvalue weighted by atomic mass is 16.4. The van der Waals surface area contributed by atoms with Crippen LogP contribution in [0.4, 0.5) is 0 Å². The maximum absolute atomic E-state index is 6.09. The topological polar surface area (TPSA) is 95.7 Å². The van der Waals surface area contributed by atoms with Gasteiger partial charge in [0.05, 0.1) is 11.0 Å². The Kier molecular flexibility index (Phi) is 7.74. The van der Waals surface area contributed by atoms with Crippen molar-refractivity contribution in [1.82, 2.24) is 29.5 Å². The third-order valence-electron chi connectivity index (χ3n) is 11.9. The maximum Gasteiger partial charge on any atom is 0.227 e. The van der Waals surface area contributed by atoms with E-state index in [0.29, 0.717) is 29.3 Å². The molecule has 8 nitrogen and oxygen atoms in total. The third kappa shape index (κ3) is 5.88. The van der Waals surface area contributed by atoms with E-state index < -0.39 is 0 Å². The number of aromatic nitrogens is 6. The van der Waals surface area contributed by atoms with E-state index in [1.54, 1.807) is 0 Å². The monoisotopic (exact) mass is 808 g/mol. The second-order valence-corrected chi connectivity index (χ2v) is 15.7. The molecule has 13 aromatic rings. The van der Waals surface area contributed by atoms with Gasteiger partial charge in [-0.1, -0.05) is 115 Å². The molecule has 0 bridgehead atoms. The van der Waals surface area contributed by atoms with Gasteiger partial charge >= 0.3 is 0 Å². The highest BCUT2D eigenvalue weighted by molar-refractivity contribution is 6.19. The van der Waals surface area contributed by atoms with Crippen LogP contribution < -0.4 is 0 Å². The Morgan fingerprint density at radius 3 is 1.48 bits per heavy atom. The first-order chi connectivity index (χ1) is 31.2. The second kappa shape index (κ2) is 13.9. The summed E-state index contributed by atoms with van der Waals surface area (Å²) < 4.78 is 14.6. The van der Waals surface area contributed by atoms with Crippen LogP contribution in [0.1, 0.15) is 0 Å². The lowest BCUT2D eigenvalue weighted by Crippen LogP contribution is -2.00. The van der Waals surface area contributed by atoms with Gasteiger partial charge < -0.3 is 13.4 Å². The molecule has 0 saturated carbocycles. The summed E-state index contributed by atoms with van der Waals surface area (Å²) in [7, 11) is 0. The molecule has 8 heteroatoms. The van der Waals surface area contributed by atoms with Gasteiger partial charge in [0, 0.05) is 49.7 Å². The first-order valence-corrected chi connectivity index (χ1v) is 20.8. The molecule has 63 heavy (non-hydrogen) atoms. The summed E-state index contributed by atoms with van der Waals surface area (Å²) in [6.07, 6.45) is 0. The molecule has 4 heterocycles. The van der Waals surface area contributed by atoms with Crippen LogP contribution in [-0.2, 0) is 0 Å². The summed E-state index contributed by atoms with van der Waals surface area (Å²) in [5.74, 6) is 2.78. The van der Waals surface area contributed by atoms with Crippen LogP contribution in [0.15, 0.2) is 203 Å². The van der Waals surface area contributed by atoms with Crippen molar-refractivity contribution in [3.63, 3.8) is 0 Å². The van der Waals surface area contributed by atoms with E-state index in [0.717, 1.165) is 77.5 Å². The Morgan fingerprint density at radius 1 is 0.333 bits per heavy atom. The van der Waals surface area contributed by atoms with Crippen molar-refractivity contribution in [2.24, 2.45) is 0 Å². The standard InChI is InChI=1S/C55H32N6O2/c1-2-11-39-31-41(28-25-33(39)9-1)61-47-30-27-40(32-44(47)43-29-26-34-10-3-4-12-42(34)50(43)61)53-59-51(35-17-21-37(22-18-35)54-56-45-13-5-7-15-48(45)62-54)58-52(60-53)36-19-23-38(24-20-36)55-57-46-14-6-8-16-49(46)63-55/h1-32H. The highest BCUT2D eigenvalue weighted by Crippen LogP contribution is 2.39. The quantitative estimate of drug-likeness (QED) is 0.165. The number of para-hydroxylation sites is 4. The van der Waals surface area contributed by atoms with Crippen LogP contribution in [-0.4, -0.2) is 29.5 Å². The number of nitrogens with zero attached hydrogens (tertiary/aromatic N) is 6. The minimum Gasteiger partial charge on any atom is -0.436 e. The molecule has 0 aliphatic rings. The SMILES string of the molecule is c1ccc2cc(-n3c4ccc(-c5nc(-c6ccc(-c7nc8ccccc8o7)cc6)nc(-c6ccc(-c7nc8ccccc8o7)cc6)n5)cc4c4ccc5ccccc5c43)ccc2c1. The molecule has 13 rings (SSSR count). The fourth-order valence-electron chi connectivity index (χ4n) is 8.78. The van der Waals surface area contributed by atoms with Gasteiger partial charge in [0.2, 0.25) is 11.8 Å². The third-order valence-corrected chi connectivity index (χ3v) is 11.9. The fourth-order valence-corrected chi connectivity index (χ4v) is 8.78. The average Bonchev–Trinajstić information content (AvgIpc) is 4.08. The lowest BCUT2D eigenvalue weighted by atomic mass is 10.0. The van der Waals surface area contributed by atoms with Gasteiger partial charge in [0.15, 0.2) is 28.6 Å². The van der Waals surface area contributed by atoms with E-state index in [-0.39, 0.29) is 0 Å². The molecule has 0 radical (unpaired) electrons. The van der Waals surface area contributed by atoms with Crippen LogP contribution in [0, 0.1) is 0 Å². The van der Waals surface area contributed by atoms with E-state index in [1.165, 1.54) is 21.5 Å². The normalized spacial score (nSPS) is 11.8. The van der Waals surface area contributed by atoms with Crippen molar-refractivity contribution >= 4 is 65.6 Å². The lowest BCUT2D eigenvalue weighted by Gasteiger charge is -2.11. The zero-order chi connectivity index (χ0) is 41.4. The van der Waals surface area contributed by atoms with Crippen LogP contribution in [0.2, 0.25) is 0 Å². The van der Waals surface area contributed by atoms with Crippen molar-refractivity contribution < 1.29 is 8.83 Å². The minimum absolute atomic E-state index is 0.548. The predicted molar refractivity (Wildman–Crippen MR) is 251 cm³/mol. The van der Waals surface area contributed by atoms with Crippen LogP contribution in [0.25, 0.3) is 128 Å². The summed E-state index contributed by atoms with van der Waals surface area (Å²) in [6.45, 7) is 0. The Hall–Kier alpha value is -8.75. The van der Waals surface area contributed by atoms with Crippen LogP contribution in [0.3, 0.4) is 0 Å². The van der Waals surface area contributed by atoms with Gasteiger partial charge in [-0.2, -0.15) is 0 Å². The molecular formula is C55H32N6O2. The van der Waals surface area contributed by atoms with E-state index in [4.69, 9.17) is 33.8 Å². The van der Waals surface area contributed by atoms with Crippen molar-refractivity contribution in [1.29, 1.82) is 0 Å². The molecule has 0 unspecified atom stereocenters. The number of fused-ring (bicyclic) bond motifs is 8. The first kappa shape index (κ1) is 35.0. The van der Waals surface area contributed by atoms with E-state index in [9.17, 15) is 0 Å². The fraction of sp³-hybridized carbons (Fsp3) is 0. The largest absolute Gasteiger partial charge is 0.436 e. The molecule has 0 N–H and O–H groups in total. The maximum atomic E-state index is 6.09. The van der Waals surface area contributed by atoms with Crippen molar-refractivity contribution in [3.05, 3.63) is 194 Å². The van der Waals surface area contributed by atoms with E-state index >= 15 is 0 Å². The van der Waals surface area contributed by atoms with Gasteiger partial charge in [0.1, 0.15) is 11.0 Å². The predicted octanol–water partition coefficient (Wildman–Crippen LogP) is 13.9. The number of hydrogen-bond acceptors (Lipinski definition) is 7. The Bertz CT molecular complexity index is 3720. The van der Waals surface area contributed by atoms with Gasteiger partial charge in [-0.05, 0) is 95.0 Å². The second-order valence-electron chi connectivity index (χ2n) is 15.7. The van der Waals surface area contributed by atoms with Crippen molar-refractivity contribution in [3.8, 4) is 62.8 Å². The number of rotatable bonds is 6. The summed E-state index contributed by atoms with van der Waals surface area (Å²) in [5.41, 5.74) is 10.8. The smallest absolute Gasteiger partial charge is 0.227 e. The molecule has 0 saturated heterocycles.